The molecule has 6 heteroatoms. The largest absolute Gasteiger partial charge is 0.493 e. The second-order valence-corrected chi connectivity index (χ2v) is 4.43. The summed E-state index contributed by atoms with van der Waals surface area (Å²) in [4.78, 5) is 1.16. The van der Waals surface area contributed by atoms with E-state index in [0.29, 0.717) is 17.9 Å². The van der Waals surface area contributed by atoms with E-state index in [1.807, 2.05) is 6.92 Å². The Balaban J connectivity index is 2.76. The molecule has 0 aromatic heterocycles. The molecule has 0 aliphatic rings. The molecule has 1 unspecified atom stereocenters. The maximum atomic E-state index is 12.4. The molecule has 0 spiro atoms. The highest BCUT2D eigenvalue weighted by Gasteiger charge is 2.31. The van der Waals surface area contributed by atoms with Crippen LogP contribution in [0.5, 0.6) is 5.75 Å². The number of hydrogen-bond donors (Lipinski definition) is 1. The summed E-state index contributed by atoms with van der Waals surface area (Å²) in [5.74, 6) is 0.505. The van der Waals surface area contributed by atoms with E-state index < -0.39 is 18.8 Å². The molecule has 1 atom stereocenters. The highest BCUT2D eigenvalue weighted by molar-refractivity contribution is 5.35. The molecule has 1 aromatic rings. The quantitative estimate of drug-likeness (QED) is 0.838. The normalized spacial score (nSPS) is 13.6. The van der Waals surface area contributed by atoms with E-state index in [1.54, 1.807) is 31.2 Å². The fourth-order valence-corrected chi connectivity index (χ4v) is 1.94. The van der Waals surface area contributed by atoms with Crippen LogP contribution >= 0.6 is 0 Å². The number of ether oxygens (including phenoxy) is 1. The lowest BCUT2D eigenvalue weighted by Gasteiger charge is -2.25. The minimum Gasteiger partial charge on any atom is -0.493 e. The van der Waals surface area contributed by atoms with Crippen molar-refractivity contribution in [3.63, 3.8) is 0 Å². The van der Waals surface area contributed by atoms with Crippen LogP contribution in [0.4, 0.5) is 13.2 Å². The Morgan fingerprint density at radius 3 is 2.45 bits per heavy atom. The van der Waals surface area contributed by atoms with E-state index >= 15 is 0 Å². The smallest absolute Gasteiger partial charge is 0.401 e. The number of alkyl halides is 3. The molecule has 3 nitrogen and oxygen atoms in total. The van der Waals surface area contributed by atoms with E-state index in [0.717, 1.165) is 4.90 Å². The molecule has 20 heavy (non-hydrogen) atoms. The average Bonchev–Trinajstić information content (AvgIpc) is 2.37. The summed E-state index contributed by atoms with van der Waals surface area (Å²) in [6, 6.07) is 6.84. The van der Waals surface area contributed by atoms with Crippen LogP contribution in [0.15, 0.2) is 24.3 Å². The van der Waals surface area contributed by atoms with Crippen molar-refractivity contribution in [2.24, 2.45) is 0 Å². The molecule has 0 aliphatic heterocycles. The molecule has 114 valence electrons. The van der Waals surface area contributed by atoms with Gasteiger partial charge in [-0.1, -0.05) is 25.1 Å². The lowest BCUT2D eigenvalue weighted by Crippen LogP contribution is -2.37. The van der Waals surface area contributed by atoms with E-state index in [2.05, 4.69) is 0 Å². The van der Waals surface area contributed by atoms with Crippen LogP contribution in [0.2, 0.25) is 0 Å². The molecule has 0 saturated carbocycles. The Kier molecular flexibility index (Phi) is 6.29. The Morgan fingerprint density at radius 2 is 1.90 bits per heavy atom. The SMILES string of the molecule is CCOc1ccccc1C(O)CN(CC)CC(F)(F)F. The zero-order chi connectivity index (χ0) is 15.2. The first-order chi connectivity index (χ1) is 9.37. The van der Waals surface area contributed by atoms with Gasteiger partial charge in [0.2, 0.25) is 0 Å². The van der Waals surface area contributed by atoms with E-state index in [1.165, 1.54) is 0 Å². The van der Waals surface area contributed by atoms with Crippen molar-refractivity contribution < 1.29 is 23.0 Å². The first-order valence-corrected chi connectivity index (χ1v) is 6.56. The van der Waals surface area contributed by atoms with Gasteiger partial charge in [-0.2, -0.15) is 13.2 Å². The van der Waals surface area contributed by atoms with Crippen LogP contribution in [-0.2, 0) is 0 Å². The lowest BCUT2D eigenvalue weighted by atomic mass is 10.1. The van der Waals surface area contributed by atoms with Crippen molar-refractivity contribution >= 4 is 0 Å². The monoisotopic (exact) mass is 291 g/mol. The van der Waals surface area contributed by atoms with Crippen LogP contribution in [-0.4, -0.2) is 42.4 Å². The molecule has 1 N–H and O–H groups in total. The molecule has 0 radical (unpaired) electrons. The van der Waals surface area contributed by atoms with Crippen molar-refractivity contribution in [1.82, 2.24) is 4.90 Å². The standard InChI is InChI=1S/C14H20F3NO2/c1-3-18(10-14(15,16)17)9-12(19)11-7-5-6-8-13(11)20-4-2/h5-8,12,19H,3-4,9-10H2,1-2H3. The number of para-hydroxylation sites is 1. The van der Waals surface area contributed by atoms with E-state index in [-0.39, 0.29) is 13.1 Å². The number of halogens is 3. The third kappa shape index (κ3) is 5.38. The summed E-state index contributed by atoms with van der Waals surface area (Å²) in [6.07, 6.45) is -5.28. The predicted molar refractivity (Wildman–Crippen MR) is 70.7 cm³/mol. The molecular weight excluding hydrogens is 271 g/mol. The van der Waals surface area contributed by atoms with Crippen molar-refractivity contribution in [3.05, 3.63) is 29.8 Å². The fraction of sp³-hybridized carbons (Fsp3) is 0.571. The maximum absolute atomic E-state index is 12.4. The summed E-state index contributed by atoms with van der Waals surface area (Å²) in [5.41, 5.74) is 0.509. The van der Waals surface area contributed by atoms with E-state index in [9.17, 15) is 18.3 Å². The fourth-order valence-electron chi connectivity index (χ4n) is 1.94. The molecular formula is C14H20F3NO2. The van der Waals surface area contributed by atoms with Gasteiger partial charge in [0.15, 0.2) is 0 Å². The van der Waals surface area contributed by atoms with Gasteiger partial charge in [0.1, 0.15) is 5.75 Å². The van der Waals surface area contributed by atoms with Gasteiger partial charge >= 0.3 is 6.18 Å². The second-order valence-electron chi connectivity index (χ2n) is 4.43. The Bertz CT molecular complexity index is 410. The van der Waals surface area contributed by atoms with Crippen LogP contribution < -0.4 is 4.74 Å². The molecule has 0 aliphatic carbocycles. The van der Waals surface area contributed by atoms with Gasteiger partial charge in [0.05, 0.1) is 19.3 Å². The lowest BCUT2D eigenvalue weighted by molar-refractivity contribution is -0.148. The minimum atomic E-state index is -4.27. The summed E-state index contributed by atoms with van der Waals surface area (Å²) in [7, 11) is 0. The number of benzene rings is 1. The third-order valence-electron chi connectivity index (χ3n) is 2.86. The van der Waals surface area contributed by atoms with Crippen LogP contribution in [0, 0.1) is 0 Å². The zero-order valence-electron chi connectivity index (χ0n) is 11.7. The van der Waals surface area contributed by atoms with Crippen LogP contribution in [0.25, 0.3) is 0 Å². The maximum Gasteiger partial charge on any atom is 0.401 e. The topological polar surface area (TPSA) is 32.7 Å². The number of nitrogens with zero attached hydrogens (tertiary/aromatic N) is 1. The van der Waals surface area contributed by atoms with Crippen LogP contribution in [0.3, 0.4) is 0 Å². The Morgan fingerprint density at radius 1 is 1.25 bits per heavy atom. The number of rotatable bonds is 7. The summed E-state index contributed by atoms with van der Waals surface area (Å²) in [6.45, 7) is 2.98. The van der Waals surface area contributed by atoms with Gasteiger partial charge in [0.25, 0.3) is 0 Å². The number of likely N-dealkylation sites (N-methyl/N-ethyl adjacent to an activating group) is 1. The molecule has 1 rings (SSSR count). The summed E-state index contributed by atoms with van der Waals surface area (Å²) >= 11 is 0. The zero-order valence-corrected chi connectivity index (χ0v) is 11.7. The molecule has 0 heterocycles. The van der Waals surface area contributed by atoms with Crippen LogP contribution in [0.1, 0.15) is 25.5 Å². The molecule has 0 saturated heterocycles. The first-order valence-electron chi connectivity index (χ1n) is 6.56. The summed E-state index contributed by atoms with van der Waals surface area (Å²) in [5, 5.41) is 10.1. The Hall–Kier alpha value is -1.27. The van der Waals surface area contributed by atoms with Gasteiger partial charge in [-0.05, 0) is 19.5 Å². The number of aliphatic hydroxyl groups excluding tert-OH is 1. The van der Waals surface area contributed by atoms with Crippen molar-refractivity contribution in [2.45, 2.75) is 26.1 Å². The average molecular weight is 291 g/mol. The highest BCUT2D eigenvalue weighted by Crippen LogP contribution is 2.26. The minimum absolute atomic E-state index is 0.0832. The number of aliphatic hydroxyl groups is 1. The van der Waals surface area contributed by atoms with E-state index in [4.69, 9.17) is 4.74 Å². The third-order valence-corrected chi connectivity index (χ3v) is 2.86. The molecule has 1 aromatic carbocycles. The molecule has 0 fully saturated rings. The van der Waals surface area contributed by atoms with Gasteiger partial charge in [-0.15, -0.1) is 0 Å². The molecule has 0 amide bonds. The van der Waals surface area contributed by atoms with Gasteiger partial charge in [-0.3, -0.25) is 4.90 Å². The van der Waals surface area contributed by atoms with Crippen molar-refractivity contribution in [3.8, 4) is 5.75 Å². The number of hydrogen-bond acceptors (Lipinski definition) is 3. The summed E-state index contributed by atoms with van der Waals surface area (Å²) < 4.78 is 42.6. The van der Waals surface area contributed by atoms with Crippen molar-refractivity contribution in [1.29, 1.82) is 0 Å². The van der Waals surface area contributed by atoms with Gasteiger partial charge < -0.3 is 9.84 Å². The van der Waals surface area contributed by atoms with Crippen molar-refractivity contribution in [2.75, 3.05) is 26.2 Å². The van der Waals surface area contributed by atoms with Gasteiger partial charge in [0, 0.05) is 12.1 Å². The first kappa shape index (κ1) is 16.8. The highest BCUT2D eigenvalue weighted by atomic mass is 19.4. The Labute approximate surface area is 117 Å². The predicted octanol–water partition coefficient (Wildman–Crippen LogP) is 3.00. The second kappa shape index (κ2) is 7.50. The van der Waals surface area contributed by atoms with Gasteiger partial charge in [-0.25, -0.2) is 0 Å². The molecule has 0 bridgehead atoms.